The van der Waals surface area contributed by atoms with Gasteiger partial charge in [-0.3, -0.25) is 14.4 Å². The third kappa shape index (κ3) is 51.6. The molecule has 0 aromatic carbocycles. The van der Waals surface area contributed by atoms with Crippen LogP contribution in [0, 0.1) is 11.8 Å². The largest absolute Gasteiger partial charge is 0.462 e. The Morgan fingerprint density at radius 3 is 0.877 bits per heavy atom. The molecule has 0 radical (unpaired) electrons. The molecule has 0 saturated heterocycles. The summed E-state index contributed by atoms with van der Waals surface area (Å²) in [6, 6.07) is 0. The van der Waals surface area contributed by atoms with Crippen molar-refractivity contribution >= 4 is 17.9 Å². The summed E-state index contributed by atoms with van der Waals surface area (Å²) in [6.07, 6.45) is 55.2. The Bertz CT molecular complexity index is 995. The summed E-state index contributed by atoms with van der Waals surface area (Å²) in [4.78, 5) is 38.2. The molecule has 0 heterocycles. The van der Waals surface area contributed by atoms with Gasteiger partial charge in [-0.15, -0.1) is 0 Å². The van der Waals surface area contributed by atoms with Crippen LogP contribution >= 0.6 is 0 Å². The second-order valence-electron chi connectivity index (χ2n) is 21.0. The van der Waals surface area contributed by atoms with Gasteiger partial charge in [-0.25, -0.2) is 0 Å². The Kier molecular flexibility index (Phi) is 50.5. The van der Waals surface area contributed by atoms with E-state index in [1.165, 1.54) is 218 Å². The number of carbonyl (C=O) groups excluding carboxylic acids is 3. The average molecular weight is 920 g/mol. The number of rotatable bonds is 53. The second kappa shape index (κ2) is 51.8. The van der Waals surface area contributed by atoms with Crippen LogP contribution in [0.4, 0.5) is 0 Å². The molecule has 0 fully saturated rings. The molecule has 0 aliphatic heterocycles. The molecule has 0 aliphatic carbocycles. The highest BCUT2D eigenvalue weighted by Crippen LogP contribution is 2.19. The third-order valence-electron chi connectivity index (χ3n) is 13.8. The molecule has 0 N–H and O–H groups in total. The van der Waals surface area contributed by atoms with Gasteiger partial charge in [0.25, 0.3) is 0 Å². The summed E-state index contributed by atoms with van der Waals surface area (Å²) in [5.41, 5.74) is 0. The van der Waals surface area contributed by atoms with Crippen LogP contribution in [0.3, 0.4) is 0 Å². The van der Waals surface area contributed by atoms with E-state index in [9.17, 15) is 14.4 Å². The zero-order valence-electron chi connectivity index (χ0n) is 44.6. The predicted octanol–water partition coefficient (Wildman–Crippen LogP) is 19.3. The molecule has 0 spiro atoms. The van der Waals surface area contributed by atoms with Gasteiger partial charge in [-0.05, 0) is 31.1 Å². The first-order valence-corrected chi connectivity index (χ1v) is 29.3. The van der Waals surface area contributed by atoms with Crippen LogP contribution in [0.1, 0.15) is 330 Å². The van der Waals surface area contributed by atoms with Gasteiger partial charge in [0.05, 0.1) is 0 Å². The zero-order valence-corrected chi connectivity index (χ0v) is 44.6. The van der Waals surface area contributed by atoms with E-state index in [4.69, 9.17) is 14.2 Å². The number of unbranched alkanes of at least 4 members (excludes halogenated alkanes) is 37. The van der Waals surface area contributed by atoms with Crippen molar-refractivity contribution in [3.63, 3.8) is 0 Å². The smallest absolute Gasteiger partial charge is 0.306 e. The van der Waals surface area contributed by atoms with E-state index in [2.05, 4.69) is 34.6 Å². The van der Waals surface area contributed by atoms with E-state index in [-0.39, 0.29) is 31.1 Å². The Morgan fingerprint density at radius 2 is 0.585 bits per heavy atom. The minimum absolute atomic E-state index is 0.0628. The molecule has 0 amide bonds. The van der Waals surface area contributed by atoms with E-state index < -0.39 is 6.10 Å². The van der Waals surface area contributed by atoms with Crippen molar-refractivity contribution in [2.75, 3.05) is 13.2 Å². The summed E-state index contributed by atoms with van der Waals surface area (Å²) in [5, 5.41) is 0. The molecular weight excluding hydrogens is 805 g/mol. The van der Waals surface area contributed by atoms with E-state index in [0.29, 0.717) is 19.3 Å². The number of esters is 3. The van der Waals surface area contributed by atoms with Crippen LogP contribution in [0.5, 0.6) is 0 Å². The summed E-state index contributed by atoms with van der Waals surface area (Å²) in [7, 11) is 0. The first kappa shape index (κ1) is 63.4. The first-order chi connectivity index (χ1) is 31.8. The Hall–Kier alpha value is -1.59. The molecule has 0 saturated carbocycles. The molecule has 386 valence electrons. The highest BCUT2D eigenvalue weighted by molar-refractivity contribution is 5.71. The van der Waals surface area contributed by atoms with Gasteiger partial charge in [0.2, 0.25) is 0 Å². The number of carbonyl (C=O) groups is 3. The van der Waals surface area contributed by atoms with E-state index in [0.717, 1.165) is 69.6 Å². The fourth-order valence-corrected chi connectivity index (χ4v) is 9.02. The molecule has 0 aromatic heterocycles. The molecule has 0 bridgehead atoms. The monoisotopic (exact) mass is 919 g/mol. The maximum atomic E-state index is 12.8. The minimum atomic E-state index is -0.763. The van der Waals surface area contributed by atoms with Gasteiger partial charge in [0.1, 0.15) is 13.2 Å². The number of ether oxygens (including phenoxy) is 3. The molecule has 0 aliphatic rings. The summed E-state index contributed by atoms with van der Waals surface area (Å²) in [5.74, 6) is 0.861. The zero-order chi connectivity index (χ0) is 47.5. The van der Waals surface area contributed by atoms with Gasteiger partial charge in [0.15, 0.2) is 6.10 Å². The van der Waals surface area contributed by atoms with Crippen molar-refractivity contribution in [1.29, 1.82) is 0 Å². The lowest BCUT2D eigenvalue weighted by Gasteiger charge is -2.18. The van der Waals surface area contributed by atoms with Crippen LogP contribution < -0.4 is 0 Å². The molecule has 6 heteroatoms. The van der Waals surface area contributed by atoms with Gasteiger partial charge >= 0.3 is 17.9 Å². The van der Waals surface area contributed by atoms with Crippen molar-refractivity contribution in [3.05, 3.63) is 0 Å². The fourth-order valence-electron chi connectivity index (χ4n) is 9.02. The van der Waals surface area contributed by atoms with E-state index in [1.807, 2.05) is 0 Å². The van der Waals surface area contributed by atoms with E-state index in [1.54, 1.807) is 0 Å². The van der Waals surface area contributed by atoms with Crippen molar-refractivity contribution < 1.29 is 28.6 Å². The highest BCUT2D eigenvalue weighted by Gasteiger charge is 2.19. The van der Waals surface area contributed by atoms with Crippen molar-refractivity contribution in [2.24, 2.45) is 11.8 Å². The molecular formula is C59H114O6. The standard InChI is InChI=1S/C59H114O6/c1-6-8-9-10-11-12-13-14-15-16-17-18-19-23-29-34-39-44-49-57(60)63-52-56(65-59(62)51-46-41-36-31-26-25-28-33-38-43-48-55(5)7-2)53-64-58(61)50-45-40-35-30-24-21-20-22-27-32-37-42-47-54(3)4/h54-56H,6-53H2,1-5H3/t55?,56-/m1/s1. The third-order valence-corrected chi connectivity index (χ3v) is 13.8. The molecule has 1 unspecified atom stereocenters. The maximum absolute atomic E-state index is 12.8. The Morgan fingerprint density at radius 1 is 0.323 bits per heavy atom. The summed E-state index contributed by atoms with van der Waals surface area (Å²) >= 11 is 0. The fraction of sp³-hybridized carbons (Fsp3) is 0.949. The number of hydrogen-bond acceptors (Lipinski definition) is 6. The minimum Gasteiger partial charge on any atom is -0.462 e. The normalized spacial score (nSPS) is 12.5. The lowest BCUT2D eigenvalue weighted by atomic mass is 9.99. The second-order valence-corrected chi connectivity index (χ2v) is 21.0. The van der Waals surface area contributed by atoms with Crippen LogP contribution in [0.15, 0.2) is 0 Å². The average Bonchev–Trinajstić information content (AvgIpc) is 3.29. The van der Waals surface area contributed by atoms with Crippen molar-refractivity contribution in [1.82, 2.24) is 0 Å². The lowest BCUT2D eigenvalue weighted by Crippen LogP contribution is -2.30. The molecule has 0 aromatic rings. The highest BCUT2D eigenvalue weighted by atomic mass is 16.6. The van der Waals surface area contributed by atoms with Gasteiger partial charge in [-0.2, -0.15) is 0 Å². The topological polar surface area (TPSA) is 78.9 Å². The molecule has 65 heavy (non-hydrogen) atoms. The van der Waals surface area contributed by atoms with Crippen molar-refractivity contribution in [2.45, 2.75) is 336 Å². The first-order valence-electron chi connectivity index (χ1n) is 29.3. The maximum Gasteiger partial charge on any atom is 0.306 e. The Labute approximate surface area is 406 Å². The van der Waals surface area contributed by atoms with Crippen LogP contribution in [0.25, 0.3) is 0 Å². The summed E-state index contributed by atoms with van der Waals surface area (Å²) in [6.45, 7) is 11.4. The van der Waals surface area contributed by atoms with Crippen molar-refractivity contribution in [3.8, 4) is 0 Å². The van der Waals surface area contributed by atoms with E-state index >= 15 is 0 Å². The SMILES string of the molecule is CCCCCCCCCCCCCCCCCCCCC(=O)OC[C@H](COC(=O)CCCCCCCCCCCCCCC(C)C)OC(=O)CCCCCCCCCCCCC(C)CC. The summed E-state index contributed by atoms with van der Waals surface area (Å²) < 4.78 is 16.9. The van der Waals surface area contributed by atoms with Crippen LogP contribution in [-0.2, 0) is 28.6 Å². The predicted molar refractivity (Wildman–Crippen MR) is 280 cm³/mol. The molecule has 2 atom stereocenters. The molecule has 0 rings (SSSR count). The number of hydrogen-bond donors (Lipinski definition) is 0. The Balaban J connectivity index is 4.29. The van der Waals surface area contributed by atoms with Gasteiger partial charge in [0, 0.05) is 19.3 Å². The van der Waals surface area contributed by atoms with Crippen LogP contribution in [0.2, 0.25) is 0 Å². The van der Waals surface area contributed by atoms with Gasteiger partial charge in [-0.1, -0.05) is 291 Å². The quantitative estimate of drug-likeness (QED) is 0.0344. The van der Waals surface area contributed by atoms with Crippen LogP contribution in [-0.4, -0.2) is 37.2 Å². The lowest BCUT2D eigenvalue weighted by molar-refractivity contribution is -0.167. The molecule has 6 nitrogen and oxygen atoms in total. The van der Waals surface area contributed by atoms with Gasteiger partial charge < -0.3 is 14.2 Å².